The van der Waals surface area contributed by atoms with Crippen molar-refractivity contribution in [3.8, 4) is 0 Å². The van der Waals surface area contributed by atoms with Gasteiger partial charge in [-0.05, 0) is 18.4 Å². The third-order valence-corrected chi connectivity index (χ3v) is 2.89. The lowest BCUT2D eigenvalue weighted by Gasteiger charge is -2.34. The quantitative estimate of drug-likeness (QED) is 0.802. The highest BCUT2D eigenvalue weighted by Crippen LogP contribution is 2.33. The fourth-order valence-electron chi connectivity index (χ4n) is 2.24. The highest BCUT2D eigenvalue weighted by molar-refractivity contribution is 5.56. The predicted molar refractivity (Wildman–Crippen MR) is 63.1 cm³/mol. The summed E-state index contributed by atoms with van der Waals surface area (Å²) in [5, 5.41) is 9.89. The average Bonchev–Trinajstić information content (AvgIpc) is 2.22. The van der Waals surface area contributed by atoms with Crippen molar-refractivity contribution in [3.05, 3.63) is 29.8 Å². The van der Waals surface area contributed by atoms with Crippen molar-refractivity contribution in [2.75, 3.05) is 18.0 Å². The van der Waals surface area contributed by atoms with Crippen molar-refractivity contribution in [2.45, 2.75) is 26.4 Å². The van der Waals surface area contributed by atoms with Crippen LogP contribution in [-0.4, -0.2) is 18.2 Å². The summed E-state index contributed by atoms with van der Waals surface area (Å²) in [6, 6.07) is 8.19. The summed E-state index contributed by atoms with van der Waals surface area (Å²) < 4.78 is 0. The molecule has 0 aromatic heterocycles. The summed E-state index contributed by atoms with van der Waals surface area (Å²) in [5.41, 5.74) is 2.30. The van der Waals surface area contributed by atoms with Crippen LogP contribution in [0.15, 0.2) is 24.3 Å². The average molecular weight is 205 g/mol. The number of para-hydroxylation sites is 1. The van der Waals surface area contributed by atoms with E-state index in [1.807, 2.05) is 18.2 Å². The molecule has 2 rings (SSSR count). The largest absolute Gasteiger partial charge is 0.388 e. The summed E-state index contributed by atoms with van der Waals surface area (Å²) in [6.45, 7) is 6.50. The van der Waals surface area contributed by atoms with Gasteiger partial charge < -0.3 is 10.0 Å². The Labute approximate surface area is 91.5 Å². The molecule has 82 valence electrons. The van der Waals surface area contributed by atoms with Crippen molar-refractivity contribution >= 4 is 5.69 Å². The van der Waals surface area contributed by atoms with Gasteiger partial charge in [-0.25, -0.2) is 0 Å². The Balaban J connectivity index is 2.28. The van der Waals surface area contributed by atoms with Crippen LogP contribution >= 0.6 is 0 Å². The molecule has 1 heterocycles. The van der Waals surface area contributed by atoms with E-state index in [0.29, 0.717) is 5.92 Å². The van der Waals surface area contributed by atoms with E-state index in [1.54, 1.807) is 0 Å². The van der Waals surface area contributed by atoms with Crippen molar-refractivity contribution in [1.29, 1.82) is 0 Å². The highest BCUT2D eigenvalue weighted by Gasteiger charge is 2.22. The fraction of sp³-hybridized carbons (Fsp3) is 0.538. The van der Waals surface area contributed by atoms with Gasteiger partial charge >= 0.3 is 0 Å². The summed E-state index contributed by atoms with van der Waals surface area (Å²) in [4.78, 5) is 2.38. The van der Waals surface area contributed by atoms with E-state index in [-0.39, 0.29) is 6.10 Å². The van der Waals surface area contributed by atoms with Crippen LogP contribution in [-0.2, 0) is 0 Å². The number of aliphatic hydroxyl groups is 1. The van der Waals surface area contributed by atoms with Gasteiger partial charge in [-0.1, -0.05) is 32.0 Å². The molecule has 0 amide bonds. The van der Waals surface area contributed by atoms with E-state index in [0.717, 1.165) is 25.1 Å². The second-order valence-corrected chi connectivity index (χ2v) is 4.70. The number of aliphatic hydroxyl groups excluding tert-OH is 1. The van der Waals surface area contributed by atoms with Crippen LogP contribution < -0.4 is 4.90 Å². The number of benzene rings is 1. The molecule has 0 radical (unpaired) electrons. The second-order valence-electron chi connectivity index (χ2n) is 4.70. The topological polar surface area (TPSA) is 23.5 Å². The van der Waals surface area contributed by atoms with Crippen LogP contribution in [0, 0.1) is 5.92 Å². The van der Waals surface area contributed by atoms with Gasteiger partial charge in [-0.2, -0.15) is 0 Å². The fourth-order valence-corrected chi connectivity index (χ4v) is 2.24. The van der Waals surface area contributed by atoms with Crippen LogP contribution in [0.2, 0.25) is 0 Å². The monoisotopic (exact) mass is 205 g/mol. The zero-order valence-corrected chi connectivity index (χ0v) is 9.48. The molecule has 1 aromatic rings. The normalized spacial score (nSPS) is 20.5. The van der Waals surface area contributed by atoms with Crippen LogP contribution in [0.5, 0.6) is 0 Å². The molecule has 15 heavy (non-hydrogen) atoms. The molecule has 0 saturated heterocycles. The third-order valence-electron chi connectivity index (χ3n) is 2.89. The van der Waals surface area contributed by atoms with Crippen LogP contribution in [0.25, 0.3) is 0 Å². The van der Waals surface area contributed by atoms with Gasteiger partial charge in [0.1, 0.15) is 0 Å². The lowest BCUT2D eigenvalue weighted by atomic mass is 9.98. The molecular formula is C13H19NO. The summed E-state index contributed by atoms with van der Waals surface area (Å²) in [7, 11) is 0. The Morgan fingerprint density at radius 3 is 2.87 bits per heavy atom. The van der Waals surface area contributed by atoms with Crippen LogP contribution in [0.4, 0.5) is 5.69 Å². The highest BCUT2D eigenvalue weighted by atomic mass is 16.3. The maximum atomic E-state index is 9.89. The molecule has 2 nitrogen and oxygen atoms in total. The number of hydrogen-bond acceptors (Lipinski definition) is 2. The number of rotatable bonds is 2. The minimum absolute atomic E-state index is 0.274. The number of hydrogen-bond donors (Lipinski definition) is 1. The zero-order valence-electron chi connectivity index (χ0n) is 9.48. The van der Waals surface area contributed by atoms with Crippen molar-refractivity contribution in [2.24, 2.45) is 5.92 Å². The maximum absolute atomic E-state index is 9.89. The van der Waals surface area contributed by atoms with Gasteiger partial charge in [0.2, 0.25) is 0 Å². The lowest BCUT2D eigenvalue weighted by molar-refractivity contribution is 0.163. The molecule has 1 aliphatic heterocycles. The SMILES string of the molecule is CC(C)CN1CCC(O)c2ccccc21. The van der Waals surface area contributed by atoms with Crippen molar-refractivity contribution in [3.63, 3.8) is 0 Å². The van der Waals surface area contributed by atoms with E-state index < -0.39 is 0 Å². The molecule has 2 heteroatoms. The molecule has 0 aliphatic carbocycles. The van der Waals surface area contributed by atoms with Gasteiger partial charge in [0, 0.05) is 24.3 Å². The van der Waals surface area contributed by atoms with Crippen LogP contribution in [0.3, 0.4) is 0 Å². The minimum Gasteiger partial charge on any atom is -0.388 e. The van der Waals surface area contributed by atoms with E-state index in [4.69, 9.17) is 0 Å². The first kappa shape index (κ1) is 10.5. The standard InChI is InChI=1S/C13H19NO/c1-10(2)9-14-8-7-13(15)11-5-3-4-6-12(11)14/h3-6,10,13,15H,7-9H2,1-2H3. The van der Waals surface area contributed by atoms with Crippen molar-refractivity contribution < 1.29 is 5.11 Å². The molecule has 0 spiro atoms. The first-order chi connectivity index (χ1) is 7.18. The third kappa shape index (κ3) is 2.15. The molecule has 1 atom stereocenters. The second kappa shape index (κ2) is 4.23. The van der Waals surface area contributed by atoms with Gasteiger partial charge in [0.15, 0.2) is 0 Å². The lowest BCUT2D eigenvalue weighted by Crippen LogP contribution is -2.34. The molecule has 0 fully saturated rings. The van der Waals surface area contributed by atoms with Gasteiger partial charge in [-0.15, -0.1) is 0 Å². The maximum Gasteiger partial charge on any atom is 0.0826 e. The molecule has 1 unspecified atom stereocenters. The van der Waals surface area contributed by atoms with E-state index in [9.17, 15) is 5.11 Å². The summed E-state index contributed by atoms with van der Waals surface area (Å²) in [6.07, 6.45) is 0.577. The molecule has 1 N–H and O–H groups in total. The number of anilines is 1. The predicted octanol–water partition coefficient (Wildman–Crippen LogP) is 2.59. The Kier molecular flexibility index (Phi) is 2.96. The van der Waals surface area contributed by atoms with Crippen LogP contribution in [0.1, 0.15) is 31.9 Å². The minimum atomic E-state index is -0.274. The summed E-state index contributed by atoms with van der Waals surface area (Å²) in [5.74, 6) is 0.660. The van der Waals surface area contributed by atoms with Crippen molar-refractivity contribution in [1.82, 2.24) is 0 Å². The Morgan fingerprint density at radius 1 is 1.40 bits per heavy atom. The first-order valence-electron chi connectivity index (χ1n) is 5.70. The Morgan fingerprint density at radius 2 is 2.13 bits per heavy atom. The Hall–Kier alpha value is -1.02. The van der Waals surface area contributed by atoms with Gasteiger partial charge in [-0.3, -0.25) is 0 Å². The smallest absolute Gasteiger partial charge is 0.0826 e. The van der Waals surface area contributed by atoms with E-state index in [1.165, 1.54) is 5.69 Å². The molecule has 1 aromatic carbocycles. The summed E-state index contributed by atoms with van der Waals surface area (Å²) >= 11 is 0. The molecule has 1 aliphatic rings. The molecular weight excluding hydrogens is 186 g/mol. The Bertz CT molecular complexity index is 335. The number of fused-ring (bicyclic) bond motifs is 1. The van der Waals surface area contributed by atoms with E-state index >= 15 is 0 Å². The number of nitrogens with zero attached hydrogens (tertiary/aromatic N) is 1. The zero-order chi connectivity index (χ0) is 10.8. The van der Waals surface area contributed by atoms with Gasteiger partial charge in [0.25, 0.3) is 0 Å². The molecule has 0 saturated carbocycles. The van der Waals surface area contributed by atoms with Gasteiger partial charge in [0.05, 0.1) is 6.10 Å². The molecule has 0 bridgehead atoms. The first-order valence-corrected chi connectivity index (χ1v) is 5.70. The van der Waals surface area contributed by atoms with E-state index in [2.05, 4.69) is 24.8 Å².